The summed E-state index contributed by atoms with van der Waals surface area (Å²) in [5, 5.41) is 4.71. The Balaban J connectivity index is 2.19. The molecular weight excluding hydrogens is 274 g/mol. The summed E-state index contributed by atoms with van der Waals surface area (Å²) in [5.74, 6) is 0.871. The Hall–Kier alpha value is -1.65. The lowest BCUT2D eigenvalue weighted by Gasteiger charge is -2.29. The fourth-order valence-electron chi connectivity index (χ4n) is 3.27. The molecule has 4 nitrogen and oxygen atoms in total. The third-order valence-electron chi connectivity index (χ3n) is 4.55. The predicted octanol–water partition coefficient (Wildman–Crippen LogP) is 2.73. The number of likely N-dealkylation sites (N-methyl/N-ethyl adjacent to an activating group) is 1. The van der Waals surface area contributed by atoms with Gasteiger partial charge in [0.25, 0.3) is 0 Å². The van der Waals surface area contributed by atoms with Crippen molar-refractivity contribution < 1.29 is 4.74 Å². The average molecular weight is 299 g/mol. The molecule has 0 unspecified atom stereocenters. The molecule has 0 fully saturated rings. The van der Waals surface area contributed by atoms with E-state index in [2.05, 4.69) is 36.2 Å². The van der Waals surface area contributed by atoms with E-state index in [1.807, 2.05) is 6.07 Å². The van der Waals surface area contributed by atoms with E-state index in [1.54, 1.807) is 7.11 Å². The first-order valence-corrected chi connectivity index (χ1v) is 8.18. The molecule has 22 heavy (non-hydrogen) atoms. The quantitative estimate of drug-likeness (QED) is 0.921. The summed E-state index contributed by atoms with van der Waals surface area (Å²) in [4.78, 5) is 7.44. The number of hydrogen-bond acceptors (Lipinski definition) is 4. The van der Waals surface area contributed by atoms with Crippen molar-refractivity contribution in [2.45, 2.75) is 33.4 Å². The van der Waals surface area contributed by atoms with E-state index in [-0.39, 0.29) is 0 Å². The molecule has 0 saturated heterocycles. The third-order valence-corrected chi connectivity index (χ3v) is 4.55. The van der Waals surface area contributed by atoms with Crippen molar-refractivity contribution in [3.8, 4) is 5.75 Å². The molecular formula is C18H25N3O. The van der Waals surface area contributed by atoms with Gasteiger partial charge < -0.3 is 10.1 Å². The van der Waals surface area contributed by atoms with E-state index in [4.69, 9.17) is 9.72 Å². The van der Waals surface area contributed by atoms with Gasteiger partial charge in [-0.2, -0.15) is 0 Å². The first-order chi connectivity index (χ1) is 10.8. The maximum Gasteiger partial charge on any atom is 0.145 e. The molecule has 1 aliphatic heterocycles. The molecule has 1 aromatic carbocycles. The van der Waals surface area contributed by atoms with Crippen LogP contribution in [0.5, 0.6) is 5.75 Å². The van der Waals surface area contributed by atoms with Crippen molar-refractivity contribution in [3.05, 3.63) is 35.0 Å². The maximum absolute atomic E-state index is 5.53. The molecule has 0 atom stereocenters. The maximum atomic E-state index is 5.53. The van der Waals surface area contributed by atoms with Crippen LogP contribution in [0.3, 0.4) is 0 Å². The molecule has 3 rings (SSSR count). The van der Waals surface area contributed by atoms with E-state index >= 15 is 0 Å². The van der Waals surface area contributed by atoms with Crippen LogP contribution in [0.15, 0.2) is 18.2 Å². The predicted molar refractivity (Wildman–Crippen MR) is 90.3 cm³/mol. The number of pyridine rings is 1. The number of hydrogen-bond donors (Lipinski definition) is 1. The van der Waals surface area contributed by atoms with Crippen molar-refractivity contribution in [1.29, 1.82) is 0 Å². The van der Waals surface area contributed by atoms with Crippen LogP contribution in [0.25, 0.3) is 10.9 Å². The molecule has 0 aliphatic carbocycles. The van der Waals surface area contributed by atoms with Crippen molar-refractivity contribution in [2.24, 2.45) is 0 Å². The number of fused-ring (bicyclic) bond motifs is 2. The van der Waals surface area contributed by atoms with Gasteiger partial charge >= 0.3 is 0 Å². The molecule has 1 aliphatic rings. The van der Waals surface area contributed by atoms with Gasteiger partial charge in [0.2, 0.25) is 0 Å². The second-order valence-electron chi connectivity index (χ2n) is 5.77. The number of nitrogens with one attached hydrogen (secondary N) is 1. The van der Waals surface area contributed by atoms with Gasteiger partial charge in [0.05, 0.1) is 7.11 Å². The van der Waals surface area contributed by atoms with Gasteiger partial charge in [0, 0.05) is 37.1 Å². The molecule has 0 amide bonds. The fraction of sp³-hybridized carbons (Fsp3) is 0.500. The zero-order valence-electron chi connectivity index (χ0n) is 13.8. The van der Waals surface area contributed by atoms with Crippen LogP contribution >= 0.6 is 0 Å². The zero-order valence-corrected chi connectivity index (χ0v) is 13.8. The Kier molecular flexibility index (Phi) is 4.60. The SMILES string of the molecule is CCNCc1c2c(nc3c(OC)cccc13)CCN(CC)C2. The number of methoxy groups -OCH3 is 1. The second-order valence-corrected chi connectivity index (χ2v) is 5.77. The number of para-hydroxylation sites is 1. The van der Waals surface area contributed by atoms with Crippen LogP contribution in [0.2, 0.25) is 0 Å². The Morgan fingerprint density at radius 2 is 2.18 bits per heavy atom. The number of aromatic nitrogens is 1. The summed E-state index contributed by atoms with van der Waals surface area (Å²) in [7, 11) is 1.72. The molecule has 4 heteroatoms. The molecule has 0 spiro atoms. The van der Waals surface area contributed by atoms with E-state index in [0.29, 0.717) is 0 Å². The van der Waals surface area contributed by atoms with Crippen molar-refractivity contribution >= 4 is 10.9 Å². The van der Waals surface area contributed by atoms with Crippen LogP contribution in [-0.4, -0.2) is 36.6 Å². The van der Waals surface area contributed by atoms with Gasteiger partial charge in [-0.1, -0.05) is 26.0 Å². The largest absolute Gasteiger partial charge is 0.494 e. The van der Waals surface area contributed by atoms with Gasteiger partial charge in [-0.15, -0.1) is 0 Å². The summed E-state index contributed by atoms with van der Waals surface area (Å²) < 4.78 is 5.53. The van der Waals surface area contributed by atoms with E-state index in [9.17, 15) is 0 Å². The van der Waals surface area contributed by atoms with E-state index in [1.165, 1.54) is 22.2 Å². The Bertz CT molecular complexity index is 669. The van der Waals surface area contributed by atoms with Crippen LogP contribution in [0, 0.1) is 0 Å². The minimum atomic E-state index is 0.871. The lowest BCUT2D eigenvalue weighted by atomic mass is 9.95. The Morgan fingerprint density at radius 1 is 1.32 bits per heavy atom. The summed E-state index contributed by atoms with van der Waals surface area (Å²) in [5.41, 5.74) is 5.05. The van der Waals surface area contributed by atoms with Crippen molar-refractivity contribution in [2.75, 3.05) is 26.7 Å². The highest BCUT2D eigenvalue weighted by atomic mass is 16.5. The third kappa shape index (κ3) is 2.69. The van der Waals surface area contributed by atoms with Gasteiger partial charge in [-0.3, -0.25) is 4.90 Å². The van der Waals surface area contributed by atoms with Crippen molar-refractivity contribution in [1.82, 2.24) is 15.2 Å². The highest BCUT2D eigenvalue weighted by Gasteiger charge is 2.22. The minimum absolute atomic E-state index is 0.871. The molecule has 0 saturated carbocycles. The number of rotatable bonds is 5. The average Bonchev–Trinajstić information content (AvgIpc) is 2.57. The van der Waals surface area contributed by atoms with Crippen LogP contribution in [0.1, 0.15) is 30.7 Å². The molecule has 0 bridgehead atoms. The van der Waals surface area contributed by atoms with Crippen LogP contribution < -0.4 is 10.1 Å². The highest BCUT2D eigenvalue weighted by molar-refractivity contribution is 5.88. The topological polar surface area (TPSA) is 37.4 Å². The Morgan fingerprint density at radius 3 is 2.91 bits per heavy atom. The van der Waals surface area contributed by atoms with Gasteiger partial charge in [-0.05, 0) is 30.3 Å². The van der Waals surface area contributed by atoms with Crippen molar-refractivity contribution in [3.63, 3.8) is 0 Å². The first-order valence-electron chi connectivity index (χ1n) is 8.18. The van der Waals surface area contributed by atoms with Gasteiger partial charge in [0.15, 0.2) is 0 Å². The lowest BCUT2D eigenvalue weighted by Crippen LogP contribution is -2.32. The molecule has 118 valence electrons. The highest BCUT2D eigenvalue weighted by Crippen LogP contribution is 2.32. The summed E-state index contributed by atoms with van der Waals surface area (Å²) >= 11 is 0. The minimum Gasteiger partial charge on any atom is -0.494 e. The molecule has 1 N–H and O–H groups in total. The number of ether oxygens (including phenoxy) is 1. The molecule has 2 heterocycles. The zero-order chi connectivity index (χ0) is 15.5. The second kappa shape index (κ2) is 6.63. The number of nitrogens with zero attached hydrogens (tertiary/aromatic N) is 2. The Labute approximate surface area is 132 Å². The normalized spacial score (nSPS) is 15.0. The van der Waals surface area contributed by atoms with Crippen LogP contribution in [0.4, 0.5) is 0 Å². The van der Waals surface area contributed by atoms with E-state index < -0.39 is 0 Å². The van der Waals surface area contributed by atoms with Gasteiger partial charge in [-0.25, -0.2) is 4.98 Å². The fourth-order valence-corrected chi connectivity index (χ4v) is 3.27. The smallest absolute Gasteiger partial charge is 0.145 e. The standard InChI is InChI=1S/C18H25N3O/c1-4-19-11-14-13-7-6-8-17(22-3)18(13)20-16-9-10-21(5-2)12-15(14)16/h6-8,19H,4-5,9-12H2,1-3H3. The molecule has 2 aromatic rings. The first kappa shape index (κ1) is 15.3. The molecule has 1 aromatic heterocycles. The summed E-state index contributed by atoms with van der Waals surface area (Å²) in [6.45, 7) is 9.44. The monoisotopic (exact) mass is 299 g/mol. The van der Waals surface area contributed by atoms with Crippen LogP contribution in [-0.2, 0) is 19.5 Å². The lowest BCUT2D eigenvalue weighted by molar-refractivity contribution is 0.265. The summed E-state index contributed by atoms with van der Waals surface area (Å²) in [6.07, 6.45) is 1.02. The summed E-state index contributed by atoms with van der Waals surface area (Å²) in [6, 6.07) is 6.23. The van der Waals surface area contributed by atoms with Gasteiger partial charge in [0.1, 0.15) is 11.3 Å². The molecule has 0 radical (unpaired) electrons. The van der Waals surface area contributed by atoms with E-state index in [0.717, 1.165) is 50.4 Å². The number of benzene rings is 1.